The maximum Gasteiger partial charge on any atom is 0.320 e. The number of aromatic nitrogens is 4. The van der Waals surface area contributed by atoms with Crippen LogP contribution in [0.4, 0.5) is 30.5 Å². The second-order valence-corrected chi connectivity index (χ2v) is 17.8. The quantitative estimate of drug-likeness (QED) is 0.0578. The summed E-state index contributed by atoms with van der Waals surface area (Å²) < 4.78 is 82.0. The van der Waals surface area contributed by atoms with Crippen molar-refractivity contribution in [3.8, 4) is 11.1 Å². The van der Waals surface area contributed by atoms with Gasteiger partial charge >= 0.3 is 16.2 Å². The number of esters is 1. The molecule has 1 unspecified atom stereocenters. The van der Waals surface area contributed by atoms with Crippen LogP contribution in [-0.2, 0) is 29.3 Å². The van der Waals surface area contributed by atoms with E-state index in [0.29, 0.717) is 44.6 Å². The third-order valence-electron chi connectivity index (χ3n) is 11.8. The van der Waals surface area contributed by atoms with Gasteiger partial charge in [-0.1, -0.05) is 12.1 Å². The monoisotopic (exact) mass is 917 g/mol. The Morgan fingerprint density at radius 3 is 2.35 bits per heavy atom. The van der Waals surface area contributed by atoms with Crippen molar-refractivity contribution in [2.75, 3.05) is 81.0 Å². The number of H-pyrrole nitrogens is 1. The van der Waals surface area contributed by atoms with E-state index in [-0.39, 0.29) is 66.0 Å². The number of nitrogens with zero attached hydrogens (tertiary/aromatic N) is 6. The Morgan fingerprint density at radius 2 is 1.65 bits per heavy atom. The topological polar surface area (TPSA) is 224 Å². The van der Waals surface area contributed by atoms with E-state index in [2.05, 4.69) is 35.9 Å². The van der Waals surface area contributed by atoms with E-state index in [9.17, 15) is 27.6 Å². The SMILES string of the molecule is CN(CCOC(=O)CN1CCC(c2ccc(NC3CCC(=O)NC3=O)cc2)CC1)S(=O)(=O)Nc1ccc(F)c(C(=O)c2c[nH]c3ncc(-c4cnc(N5CCNCC5)nc4)c(F)c23)c1F. The summed E-state index contributed by atoms with van der Waals surface area (Å²) in [7, 11) is -3.36. The van der Waals surface area contributed by atoms with Crippen molar-refractivity contribution in [1.29, 1.82) is 0 Å². The molecule has 0 bridgehead atoms. The standard InChI is InChI=1S/C43H46F3N11O7S/c1-55(18-19-64-35(59)24-56-14-10-26(11-15-56)25-2-4-28(5-3-25)52-33-8-9-34(58)53-42(33)61)65(62,63)54-32-7-6-31(44)37(39(32)46)40(60)30-23-49-41-36(30)38(45)29(22-48-41)27-20-50-43(51-21-27)57-16-12-47-13-17-57/h2-7,20-23,26,33,47,52,54H,8-19,24H2,1H3,(H,48,49)(H,53,58,61). The van der Waals surface area contributed by atoms with Gasteiger partial charge in [0.2, 0.25) is 23.5 Å². The molecule has 6 heterocycles. The lowest BCUT2D eigenvalue weighted by Crippen LogP contribution is -2.47. The fraction of sp³-hybridized carbons (Fsp3) is 0.372. The van der Waals surface area contributed by atoms with E-state index in [1.165, 1.54) is 18.6 Å². The molecule has 0 radical (unpaired) electrons. The Bertz CT molecular complexity index is 2710. The number of anilines is 3. The molecular formula is C43H46F3N11O7S. The van der Waals surface area contributed by atoms with Crippen molar-refractivity contribution in [3.63, 3.8) is 0 Å². The number of halogens is 3. The Labute approximate surface area is 371 Å². The first-order chi connectivity index (χ1) is 31.3. The lowest BCUT2D eigenvalue weighted by molar-refractivity contribution is -0.145. The molecule has 1 atom stereocenters. The van der Waals surface area contributed by atoms with Crippen LogP contribution >= 0.6 is 0 Å². The number of hydrogen-bond acceptors (Lipinski definition) is 14. The van der Waals surface area contributed by atoms with Crippen LogP contribution in [0.3, 0.4) is 0 Å². The summed E-state index contributed by atoms with van der Waals surface area (Å²) >= 11 is 0. The Morgan fingerprint density at radius 1 is 0.923 bits per heavy atom. The molecular weight excluding hydrogens is 872 g/mol. The number of ether oxygens (including phenoxy) is 1. The second kappa shape index (κ2) is 19.3. The van der Waals surface area contributed by atoms with Crippen LogP contribution in [0, 0.1) is 17.5 Å². The van der Waals surface area contributed by atoms with E-state index >= 15 is 13.2 Å². The number of likely N-dealkylation sites (tertiary alicyclic amines) is 1. The number of hydrogen-bond donors (Lipinski definition) is 5. The minimum Gasteiger partial charge on any atom is -0.463 e. The number of nitrogens with one attached hydrogen (secondary N) is 5. The molecule has 3 aliphatic rings. The van der Waals surface area contributed by atoms with Crippen molar-refractivity contribution in [2.45, 2.75) is 37.6 Å². The highest BCUT2D eigenvalue weighted by molar-refractivity contribution is 7.90. The first kappa shape index (κ1) is 45.1. The zero-order chi connectivity index (χ0) is 45.8. The van der Waals surface area contributed by atoms with E-state index in [4.69, 9.17) is 4.74 Å². The van der Waals surface area contributed by atoms with Crippen LogP contribution in [0.5, 0.6) is 0 Å². The Hall–Kier alpha value is -6.49. The van der Waals surface area contributed by atoms with E-state index < -0.39 is 62.3 Å². The molecule has 3 saturated heterocycles. The third kappa shape index (κ3) is 10.1. The van der Waals surface area contributed by atoms with Crippen molar-refractivity contribution < 1.29 is 45.5 Å². The number of piperidine rings is 2. The van der Waals surface area contributed by atoms with Crippen LogP contribution in [0.1, 0.15) is 53.1 Å². The summed E-state index contributed by atoms with van der Waals surface area (Å²) in [5, 5.41) is 8.40. The molecule has 5 N–H and O–H groups in total. The number of imide groups is 1. The predicted octanol–water partition coefficient (Wildman–Crippen LogP) is 3.31. The highest BCUT2D eigenvalue weighted by atomic mass is 32.2. The van der Waals surface area contributed by atoms with E-state index in [0.717, 1.165) is 60.8 Å². The van der Waals surface area contributed by atoms with Gasteiger partial charge in [-0.2, -0.15) is 12.7 Å². The number of rotatable bonds is 15. The average molecular weight is 918 g/mol. The van der Waals surface area contributed by atoms with Gasteiger partial charge in [-0.15, -0.1) is 0 Å². The van der Waals surface area contributed by atoms with E-state index in [1.54, 1.807) is 0 Å². The molecule has 5 aromatic rings. The highest BCUT2D eigenvalue weighted by Crippen LogP contribution is 2.33. The van der Waals surface area contributed by atoms with Crippen molar-refractivity contribution in [1.82, 2.24) is 39.8 Å². The fourth-order valence-corrected chi connectivity index (χ4v) is 8.97. The Balaban J connectivity index is 0.833. The molecule has 3 fully saturated rings. The largest absolute Gasteiger partial charge is 0.463 e. The number of likely N-dealkylation sites (N-methyl/N-ethyl adjacent to an activating group) is 1. The molecule has 22 heteroatoms. The molecule has 65 heavy (non-hydrogen) atoms. The normalized spacial score (nSPS) is 17.6. The van der Waals surface area contributed by atoms with Crippen molar-refractivity contribution in [2.24, 2.45) is 0 Å². The molecule has 18 nitrogen and oxygen atoms in total. The van der Waals surface area contributed by atoms with Crippen molar-refractivity contribution >= 4 is 62.1 Å². The number of piperazine rings is 1. The molecule has 3 aliphatic heterocycles. The van der Waals surface area contributed by atoms with E-state index in [1.807, 2.05) is 38.8 Å². The zero-order valence-corrected chi connectivity index (χ0v) is 36.0. The van der Waals surface area contributed by atoms with Crippen LogP contribution in [0.25, 0.3) is 22.2 Å². The number of carbonyl (C=O) groups excluding carboxylic acids is 4. The number of pyridine rings is 1. The number of aromatic amines is 1. The van der Waals surface area contributed by atoms with Gasteiger partial charge in [-0.05, 0) is 68.1 Å². The molecule has 8 rings (SSSR count). The molecule has 2 amide bonds. The van der Waals surface area contributed by atoms with Crippen LogP contribution in [-0.4, -0.2) is 133 Å². The van der Waals surface area contributed by atoms with Gasteiger partial charge in [-0.25, -0.2) is 28.1 Å². The second-order valence-electron chi connectivity index (χ2n) is 16.0. The summed E-state index contributed by atoms with van der Waals surface area (Å²) in [6.45, 7) is 3.50. The lowest BCUT2D eigenvalue weighted by atomic mass is 9.89. The average Bonchev–Trinajstić information content (AvgIpc) is 3.75. The first-order valence-electron chi connectivity index (χ1n) is 21.0. The van der Waals surface area contributed by atoms with Gasteiger partial charge in [0.15, 0.2) is 5.82 Å². The molecule has 0 saturated carbocycles. The lowest BCUT2D eigenvalue weighted by Gasteiger charge is -2.31. The van der Waals surface area contributed by atoms with Gasteiger partial charge < -0.3 is 25.3 Å². The summed E-state index contributed by atoms with van der Waals surface area (Å²) in [5.74, 6) is -5.49. The maximum atomic E-state index is 16.2. The summed E-state index contributed by atoms with van der Waals surface area (Å²) in [5.41, 5.74) is -0.297. The minimum absolute atomic E-state index is 0.00976. The van der Waals surface area contributed by atoms with Gasteiger partial charge in [0.1, 0.15) is 29.9 Å². The number of ketones is 1. The van der Waals surface area contributed by atoms with Gasteiger partial charge in [0, 0.05) is 87.8 Å². The smallest absolute Gasteiger partial charge is 0.320 e. The zero-order valence-electron chi connectivity index (χ0n) is 35.2. The number of benzene rings is 2. The van der Waals surface area contributed by atoms with Gasteiger partial charge in [-0.3, -0.25) is 34.1 Å². The molecule has 3 aromatic heterocycles. The summed E-state index contributed by atoms with van der Waals surface area (Å²) in [6.07, 6.45) is 7.40. The maximum absolute atomic E-state index is 16.2. The molecule has 0 spiro atoms. The number of amides is 2. The van der Waals surface area contributed by atoms with Gasteiger partial charge in [0.25, 0.3) is 0 Å². The molecule has 0 aliphatic carbocycles. The summed E-state index contributed by atoms with van der Waals surface area (Å²) in [4.78, 5) is 69.5. The van der Waals surface area contributed by atoms with Gasteiger partial charge in [0.05, 0.1) is 28.7 Å². The van der Waals surface area contributed by atoms with Crippen LogP contribution in [0.2, 0.25) is 0 Å². The van der Waals surface area contributed by atoms with Crippen LogP contribution < -0.4 is 25.6 Å². The Kier molecular flexibility index (Phi) is 13.4. The first-order valence-corrected chi connectivity index (χ1v) is 22.5. The number of fused-ring (bicyclic) bond motifs is 1. The molecule has 2 aromatic carbocycles. The van der Waals surface area contributed by atoms with Crippen LogP contribution in [0.15, 0.2) is 61.2 Å². The predicted molar refractivity (Wildman–Crippen MR) is 233 cm³/mol. The third-order valence-corrected chi connectivity index (χ3v) is 13.3. The fourth-order valence-electron chi connectivity index (χ4n) is 8.06. The number of carbonyl (C=O) groups is 4. The van der Waals surface area contributed by atoms with Crippen molar-refractivity contribution in [3.05, 3.63) is 95.3 Å². The minimum atomic E-state index is -4.53. The highest BCUT2D eigenvalue weighted by Gasteiger charge is 2.30. The molecule has 342 valence electrons. The summed E-state index contributed by atoms with van der Waals surface area (Å²) in [6, 6.07) is 8.85.